The zero-order valence-electron chi connectivity index (χ0n) is 19.3. The fourth-order valence-corrected chi connectivity index (χ4v) is 5.35. The second-order valence-electron chi connectivity index (χ2n) is 10.7. The van der Waals surface area contributed by atoms with Gasteiger partial charge in [-0.05, 0) is 78.6 Å². The topological polar surface area (TPSA) is 71.1 Å². The van der Waals surface area contributed by atoms with Crippen molar-refractivity contribution in [3.8, 4) is 0 Å². The van der Waals surface area contributed by atoms with Gasteiger partial charge >= 0.3 is 5.97 Å². The molecule has 0 aromatic carbocycles. The molecule has 0 bridgehead atoms. The number of rotatable bonds is 11. The van der Waals surface area contributed by atoms with Crippen molar-refractivity contribution in [1.29, 1.82) is 0 Å². The van der Waals surface area contributed by atoms with Crippen molar-refractivity contribution >= 4 is 45.0 Å². The minimum Gasteiger partial charge on any atom is -0.518 e. The van der Waals surface area contributed by atoms with Crippen LogP contribution in [0.1, 0.15) is 0 Å². The Balaban J connectivity index is 5.69. The molecular formula is C17H40O6Si4. The first-order chi connectivity index (χ1) is 11.7. The largest absolute Gasteiger partial charge is 0.518 e. The molecule has 0 spiro atoms. The van der Waals surface area contributed by atoms with Crippen LogP contribution in [0.2, 0.25) is 78.6 Å². The molecule has 0 aliphatic rings. The Morgan fingerprint density at radius 3 is 1.44 bits per heavy atom. The first-order valence-electron chi connectivity index (χ1n) is 9.46. The van der Waals surface area contributed by atoms with E-state index in [-0.39, 0.29) is 12.4 Å². The highest BCUT2D eigenvalue weighted by molar-refractivity contribution is 6.72. The van der Waals surface area contributed by atoms with Gasteiger partial charge < -0.3 is 17.7 Å². The number of carbonyl (C=O) groups excluding carboxylic acids is 2. The molecule has 0 heterocycles. The third-order valence-corrected chi connectivity index (χ3v) is 6.61. The van der Waals surface area contributed by atoms with Gasteiger partial charge in [0.05, 0.1) is 6.61 Å². The van der Waals surface area contributed by atoms with Gasteiger partial charge in [-0.2, -0.15) is 0 Å². The van der Waals surface area contributed by atoms with Crippen molar-refractivity contribution in [2.45, 2.75) is 90.8 Å². The molecule has 0 rings (SSSR count). The van der Waals surface area contributed by atoms with E-state index in [1.54, 1.807) is 0 Å². The highest BCUT2D eigenvalue weighted by Gasteiger charge is 2.41. The molecule has 0 N–H and O–H groups in total. The first-order valence-corrected chi connectivity index (χ1v) is 23.1. The Kier molecular flexibility index (Phi) is 9.55. The molecule has 6 nitrogen and oxygen atoms in total. The number of hydrogen-bond acceptors (Lipinski definition) is 6. The lowest BCUT2D eigenvalue weighted by atomic mass is 10.1. The monoisotopic (exact) mass is 452 g/mol. The summed E-state index contributed by atoms with van der Waals surface area (Å²) in [6.45, 7) is 23.9. The maximum atomic E-state index is 13.3. The standard InChI is InChI=1S/C17H40O6Si4/c1-24(2,3)20-13-14(21-25(4,5)6)15(18)16(22-26(7,8)9)17(19)23-27(10,11)12/h14,16H,13H2,1-12H3. The molecule has 0 aromatic heterocycles. The van der Waals surface area contributed by atoms with Crippen molar-refractivity contribution in [2.75, 3.05) is 6.61 Å². The van der Waals surface area contributed by atoms with Gasteiger partial charge in [0, 0.05) is 0 Å². The van der Waals surface area contributed by atoms with Crippen LogP contribution in [0.4, 0.5) is 0 Å². The molecular weight excluding hydrogens is 413 g/mol. The van der Waals surface area contributed by atoms with Crippen LogP contribution in [0.3, 0.4) is 0 Å². The summed E-state index contributed by atoms with van der Waals surface area (Å²) in [5.74, 6) is -0.986. The minimum atomic E-state index is -2.17. The van der Waals surface area contributed by atoms with E-state index in [0.717, 1.165) is 0 Å². The molecule has 160 valence electrons. The van der Waals surface area contributed by atoms with Crippen LogP contribution >= 0.6 is 0 Å². The predicted molar refractivity (Wildman–Crippen MR) is 120 cm³/mol. The lowest BCUT2D eigenvalue weighted by molar-refractivity contribution is -0.152. The normalized spacial score (nSPS) is 16.0. The van der Waals surface area contributed by atoms with E-state index in [1.807, 2.05) is 58.9 Å². The molecule has 0 saturated heterocycles. The SMILES string of the molecule is C[Si](C)(C)OCC(O[Si](C)(C)C)C(=O)C(O[Si](C)(C)C)C(=O)O[Si](C)(C)C. The average molecular weight is 453 g/mol. The first kappa shape index (κ1) is 26.9. The van der Waals surface area contributed by atoms with Crippen LogP contribution in [0, 0.1) is 0 Å². The van der Waals surface area contributed by atoms with E-state index in [9.17, 15) is 9.59 Å². The quantitative estimate of drug-likeness (QED) is 0.345. The molecule has 0 aliphatic carbocycles. The molecule has 0 aromatic rings. The number of carbonyl (C=O) groups is 2. The van der Waals surface area contributed by atoms with Crippen molar-refractivity contribution in [2.24, 2.45) is 0 Å². The molecule has 0 amide bonds. The van der Waals surface area contributed by atoms with E-state index in [0.29, 0.717) is 0 Å². The number of Topliss-reactive ketones (excluding diaryl/α,β-unsaturated/α-hetero) is 1. The third-order valence-electron chi connectivity index (χ3n) is 2.83. The maximum absolute atomic E-state index is 13.3. The average Bonchev–Trinajstić information content (AvgIpc) is 2.34. The van der Waals surface area contributed by atoms with Gasteiger partial charge in [-0.25, -0.2) is 0 Å². The molecule has 27 heavy (non-hydrogen) atoms. The van der Waals surface area contributed by atoms with Crippen molar-refractivity contribution in [3.63, 3.8) is 0 Å². The van der Waals surface area contributed by atoms with Gasteiger partial charge in [-0.1, -0.05) is 0 Å². The van der Waals surface area contributed by atoms with E-state index in [4.69, 9.17) is 17.7 Å². The van der Waals surface area contributed by atoms with Crippen molar-refractivity contribution < 1.29 is 27.3 Å². The van der Waals surface area contributed by atoms with Gasteiger partial charge in [0.25, 0.3) is 0 Å². The van der Waals surface area contributed by atoms with Crippen molar-refractivity contribution in [3.05, 3.63) is 0 Å². The summed E-state index contributed by atoms with van der Waals surface area (Å²) in [6.07, 6.45) is -2.08. The summed E-state index contributed by atoms with van der Waals surface area (Å²) in [7, 11) is -8.21. The van der Waals surface area contributed by atoms with Crippen LogP contribution in [0.25, 0.3) is 0 Å². The van der Waals surface area contributed by atoms with Crippen LogP contribution in [-0.4, -0.2) is 63.8 Å². The predicted octanol–water partition coefficient (Wildman–Crippen LogP) is 4.23. The number of hydrogen-bond donors (Lipinski definition) is 0. The van der Waals surface area contributed by atoms with E-state index in [1.165, 1.54) is 0 Å². The second kappa shape index (κ2) is 9.59. The molecule has 0 fully saturated rings. The maximum Gasteiger partial charge on any atom is 0.328 e. The Morgan fingerprint density at radius 1 is 0.667 bits per heavy atom. The molecule has 2 unspecified atom stereocenters. The zero-order valence-corrected chi connectivity index (χ0v) is 23.3. The van der Waals surface area contributed by atoms with E-state index in [2.05, 4.69) is 19.6 Å². The van der Waals surface area contributed by atoms with Gasteiger partial charge in [0.2, 0.25) is 20.2 Å². The lowest BCUT2D eigenvalue weighted by Crippen LogP contribution is -2.52. The van der Waals surface area contributed by atoms with E-state index >= 15 is 0 Å². The summed E-state index contributed by atoms with van der Waals surface area (Å²) in [4.78, 5) is 26.0. The Labute approximate surface area is 169 Å². The van der Waals surface area contributed by atoms with Gasteiger partial charge in [-0.15, -0.1) is 0 Å². The van der Waals surface area contributed by atoms with Crippen LogP contribution < -0.4 is 0 Å². The summed E-state index contributed by atoms with van der Waals surface area (Å²) in [5, 5.41) is 0. The zero-order chi connectivity index (χ0) is 21.8. The van der Waals surface area contributed by atoms with Crippen LogP contribution in [-0.2, 0) is 27.3 Å². The summed E-state index contributed by atoms with van der Waals surface area (Å²) in [6, 6.07) is 0. The molecule has 10 heteroatoms. The summed E-state index contributed by atoms with van der Waals surface area (Å²) < 4.78 is 23.6. The molecule has 0 saturated carbocycles. The molecule has 2 atom stereocenters. The van der Waals surface area contributed by atoms with Crippen LogP contribution in [0.15, 0.2) is 0 Å². The van der Waals surface area contributed by atoms with Gasteiger partial charge in [-0.3, -0.25) is 9.59 Å². The fraction of sp³-hybridized carbons (Fsp3) is 0.882. The Hall–Kier alpha value is -0.112. The minimum absolute atomic E-state index is 0.143. The van der Waals surface area contributed by atoms with Crippen molar-refractivity contribution in [1.82, 2.24) is 0 Å². The van der Waals surface area contributed by atoms with Gasteiger partial charge in [0.15, 0.2) is 25.0 Å². The number of ketones is 1. The summed E-state index contributed by atoms with van der Waals surface area (Å²) >= 11 is 0. The van der Waals surface area contributed by atoms with E-state index < -0.39 is 51.4 Å². The Bertz CT molecular complexity index is 511. The fourth-order valence-electron chi connectivity index (χ4n) is 2.03. The third kappa shape index (κ3) is 13.7. The van der Waals surface area contributed by atoms with Gasteiger partial charge in [0.1, 0.15) is 6.10 Å². The second-order valence-corrected chi connectivity index (χ2v) is 28.6. The Morgan fingerprint density at radius 2 is 1.11 bits per heavy atom. The lowest BCUT2D eigenvalue weighted by Gasteiger charge is -2.32. The van der Waals surface area contributed by atoms with Crippen LogP contribution in [0.5, 0.6) is 0 Å². The molecule has 0 aliphatic heterocycles. The smallest absolute Gasteiger partial charge is 0.328 e. The molecule has 0 radical (unpaired) electrons. The highest BCUT2D eigenvalue weighted by atomic mass is 28.4. The highest BCUT2D eigenvalue weighted by Crippen LogP contribution is 2.19. The summed E-state index contributed by atoms with van der Waals surface area (Å²) in [5.41, 5.74) is 0.